The van der Waals surface area contributed by atoms with Gasteiger partial charge in [0.1, 0.15) is 5.15 Å². The van der Waals surface area contributed by atoms with Crippen molar-refractivity contribution in [2.24, 2.45) is 0 Å². The number of aromatic nitrogens is 3. The summed E-state index contributed by atoms with van der Waals surface area (Å²) in [7, 11) is 0. The van der Waals surface area contributed by atoms with Crippen LogP contribution in [0.4, 0.5) is 0 Å². The van der Waals surface area contributed by atoms with Crippen molar-refractivity contribution >= 4 is 11.6 Å². The Labute approximate surface area is 165 Å². The van der Waals surface area contributed by atoms with E-state index in [1.165, 1.54) is 22.3 Å². The predicted octanol–water partition coefficient (Wildman–Crippen LogP) is 3.68. The SMILES string of the molecule is Cc1ccc(-c2cnn(CN3CCN(Cc4ccc(Cl)nc4)CC3)c2)cc1. The van der Waals surface area contributed by atoms with E-state index in [0.29, 0.717) is 5.15 Å². The van der Waals surface area contributed by atoms with Crippen LogP contribution in [0.25, 0.3) is 11.1 Å². The van der Waals surface area contributed by atoms with E-state index in [9.17, 15) is 0 Å². The molecule has 1 saturated heterocycles. The van der Waals surface area contributed by atoms with Crippen LogP contribution in [0.1, 0.15) is 11.1 Å². The molecule has 0 saturated carbocycles. The normalized spacial score (nSPS) is 15.9. The molecule has 140 valence electrons. The van der Waals surface area contributed by atoms with Gasteiger partial charge in [-0.25, -0.2) is 4.98 Å². The molecule has 0 spiro atoms. The lowest BCUT2D eigenvalue weighted by Gasteiger charge is -2.34. The van der Waals surface area contributed by atoms with Crippen LogP contribution in [-0.2, 0) is 13.2 Å². The number of piperazine rings is 1. The summed E-state index contributed by atoms with van der Waals surface area (Å²) < 4.78 is 2.04. The topological polar surface area (TPSA) is 37.2 Å². The van der Waals surface area contributed by atoms with E-state index in [0.717, 1.165) is 39.4 Å². The minimum Gasteiger partial charge on any atom is -0.296 e. The lowest BCUT2D eigenvalue weighted by molar-refractivity contribution is 0.0987. The van der Waals surface area contributed by atoms with Gasteiger partial charge in [-0.15, -0.1) is 0 Å². The van der Waals surface area contributed by atoms with Crippen molar-refractivity contribution in [2.75, 3.05) is 26.2 Å². The zero-order chi connectivity index (χ0) is 18.6. The monoisotopic (exact) mass is 381 g/mol. The summed E-state index contributed by atoms with van der Waals surface area (Å²) in [6, 6.07) is 12.5. The molecular formula is C21H24ClN5. The van der Waals surface area contributed by atoms with E-state index in [4.69, 9.17) is 11.6 Å². The number of nitrogens with zero attached hydrogens (tertiary/aromatic N) is 5. The molecule has 6 heteroatoms. The molecule has 27 heavy (non-hydrogen) atoms. The van der Waals surface area contributed by atoms with Crippen LogP contribution in [0.5, 0.6) is 0 Å². The Morgan fingerprint density at radius 3 is 2.33 bits per heavy atom. The minimum absolute atomic E-state index is 0.549. The molecule has 0 unspecified atom stereocenters. The van der Waals surface area contributed by atoms with E-state index in [2.05, 4.69) is 63.3 Å². The maximum absolute atomic E-state index is 5.86. The van der Waals surface area contributed by atoms with Crippen LogP contribution in [0.2, 0.25) is 5.15 Å². The second-order valence-corrected chi connectivity index (χ2v) is 7.55. The third-order valence-corrected chi connectivity index (χ3v) is 5.25. The summed E-state index contributed by atoms with van der Waals surface area (Å²) in [6.45, 7) is 8.06. The molecule has 0 radical (unpaired) electrons. The first-order chi connectivity index (χ1) is 13.2. The molecular weight excluding hydrogens is 358 g/mol. The highest BCUT2D eigenvalue weighted by Gasteiger charge is 2.17. The third-order valence-electron chi connectivity index (χ3n) is 5.02. The zero-order valence-electron chi connectivity index (χ0n) is 15.6. The van der Waals surface area contributed by atoms with Crippen molar-refractivity contribution in [3.05, 3.63) is 71.3 Å². The van der Waals surface area contributed by atoms with Gasteiger partial charge in [-0.05, 0) is 24.1 Å². The molecule has 1 fully saturated rings. The van der Waals surface area contributed by atoms with Gasteiger partial charge in [0.15, 0.2) is 0 Å². The quantitative estimate of drug-likeness (QED) is 0.632. The summed E-state index contributed by atoms with van der Waals surface area (Å²) in [4.78, 5) is 9.07. The standard InChI is InChI=1S/C21H24ClN5/c1-17-2-5-19(6-3-17)20-13-24-27(15-20)16-26-10-8-25(9-11-26)14-18-4-7-21(22)23-12-18/h2-7,12-13,15H,8-11,14,16H2,1H3. The molecule has 1 aliphatic rings. The van der Waals surface area contributed by atoms with Crippen molar-refractivity contribution in [1.29, 1.82) is 0 Å². The molecule has 0 amide bonds. The Bertz CT molecular complexity index is 864. The highest BCUT2D eigenvalue weighted by atomic mass is 35.5. The van der Waals surface area contributed by atoms with Gasteiger partial charge in [0.2, 0.25) is 0 Å². The average Bonchev–Trinajstić information content (AvgIpc) is 3.14. The second-order valence-electron chi connectivity index (χ2n) is 7.16. The highest BCUT2D eigenvalue weighted by molar-refractivity contribution is 6.29. The fourth-order valence-corrected chi connectivity index (χ4v) is 3.50. The summed E-state index contributed by atoms with van der Waals surface area (Å²) in [5, 5.41) is 5.09. The van der Waals surface area contributed by atoms with Gasteiger partial charge >= 0.3 is 0 Å². The molecule has 3 aromatic rings. The molecule has 5 nitrogen and oxygen atoms in total. The first kappa shape index (κ1) is 18.2. The second kappa shape index (κ2) is 8.21. The number of pyridine rings is 1. The van der Waals surface area contributed by atoms with Gasteiger partial charge in [-0.3, -0.25) is 14.5 Å². The highest BCUT2D eigenvalue weighted by Crippen LogP contribution is 2.19. The maximum atomic E-state index is 5.86. The fraction of sp³-hybridized carbons (Fsp3) is 0.333. The molecule has 4 rings (SSSR count). The molecule has 0 aliphatic carbocycles. The number of hydrogen-bond acceptors (Lipinski definition) is 4. The van der Waals surface area contributed by atoms with Gasteiger partial charge in [0.05, 0.1) is 12.9 Å². The van der Waals surface area contributed by atoms with Crippen LogP contribution in [-0.4, -0.2) is 50.7 Å². The summed E-state index contributed by atoms with van der Waals surface area (Å²) in [5.41, 5.74) is 4.87. The largest absolute Gasteiger partial charge is 0.296 e. The fourth-order valence-electron chi connectivity index (χ4n) is 3.39. The van der Waals surface area contributed by atoms with Gasteiger partial charge in [-0.2, -0.15) is 5.10 Å². The van der Waals surface area contributed by atoms with Crippen LogP contribution in [0.15, 0.2) is 55.0 Å². The minimum atomic E-state index is 0.549. The van der Waals surface area contributed by atoms with Crippen molar-refractivity contribution in [3.8, 4) is 11.1 Å². The Balaban J connectivity index is 1.29. The van der Waals surface area contributed by atoms with Crippen LogP contribution >= 0.6 is 11.6 Å². The molecule has 1 aliphatic heterocycles. The number of aryl methyl sites for hydroxylation is 1. The molecule has 0 N–H and O–H groups in total. The van der Waals surface area contributed by atoms with Crippen molar-refractivity contribution in [2.45, 2.75) is 20.1 Å². The Kier molecular flexibility index (Phi) is 5.53. The van der Waals surface area contributed by atoms with E-state index >= 15 is 0 Å². The number of rotatable bonds is 5. The van der Waals surface area contributed by atoms with E-state index in [1.807, 2.05) is 23.1 Å². The van der Waals surface area contributed by atoms with Crippen LogP contribution in [0, 0.1) is 6.92 Å². The molecule has 3 heterocycles. The van der Waals surface area contributed by atoms with Crippen LogP contribution < -0.4 is 0 Å². The van der Waals surface area contributed by atoms with E-state index in [1.54, 1.807) is 0 Å². The average molecular weight is 382 g/mol. The van der Waals surface area contributed by atoms with Crippen molar-refractivity contribution < 1.29 is 0 Å². The van der Waals surface area contributed by atoms with Crippen LogP contribution in [0.3, 0.4) is 0 Å². The summed E-state index contributed by atoms with van der Waals surface area (Å²) in [5.74, 6) is 0. The first-order valence-corrected chi connectivity index (χ1v) is 9.68. The zero-order valence-corrected chi connectivity index (χ0v) is 16.3. The first-order valence-electron chi connectivity index (χ1n) is 9.30. The third kappa shape index (κ3) is 4.75. The number of hydrogen-bond donors (Lipinski definition) is 0. The molecule has 0 bridgehead atoms. The van der Waals surface area contributed by atoms with Gasteiger partial charge in [-0.1, -0.05) is 47.5 Å². The lowest BCUT2D eigenvalue weighted by atomic mass is 10.1. The summed E-state index contributed by atoms with van der Waals surface area (Å²) in [6.07, 6.45) is 5.95. The Morgan fingerprint density at radius 1 is 0.889 bits per heavy atom. The van der Waals surface area contributed by atoms with Gasteiger partial charge in [0, 0.05) is 50.7 Å². The Morgan fingerprint density at radius 2 is 1.63 bits per heavy atom. The Hall–Kier alpha value is -2.21. The van der Waals surface area contributed by atoms with E-state index < -0.39 is 0 Å². The maximum Gasteiger partial charge on any atom is 0.129 e. The van der Waals surface area contributed by atoms with Crippen molar-refractivity contribution in [1.82, 2.24) is 24.6 Å². The smallest absolute Gasteiger partial charge is 0.129 e. The molecule has 1 aromatic carbocycles. The lowest BCUT2D eigenvalue weighted by Crippen LogP contribution is -2.46. The van der Waals surface area contributed by atoms with E-state index in [-0.39, 0.29) is 0 Å². The number of benzene rings is 1. The molecule has 0 atom stereocenters. The molecule has 2 aromatic heterocycles. The van der Waals surface area contributed by atoms with Gasteiger partial charge < -0.3 is 0 Å². The van der Waals surface area contributed by atoms with Gasteiger partial charge in [0.25, 0.3) is 0 Å². The predicted molar refractivity (Wildman–Crippen MR) is 108 cm³/mol. The summed E-state index contributed by atoms with van der Waals surface area (Å²) >= 11 is 5.86. The number of halogens is 1. The van der Waals surface area contributed by atoms with Crippen molar-refractivity contribution in [3.63, 3.8) is 0 Å².